The first-order chi connectivity index (χ1) is 11.5. The summed E-state index contributed by atoms with van der Waals surface area (Å²) in [5.74, 6) is 0.149. The summed E-state index contributed by atoms with van der Waals surface area (Å²) in [6.45, 7) is 0. The summed E-state index contributed by atoms with van der Waals surface area (Å²) < 4.78 is 0. The van der Waals surface area contributed by atoms with Gasteiger partial charge >= 0.3 is 0 Å². The van der Waals surface area contributed by atoms with E-state index in [-0.39, 0.29) is 17.2 Å². The predicted octanol–water partition coefficient (Wildman–Crippen LogP) is 4.13. The maximum atomic E-state index is 12.5. The number of rotatable bonds is 3. The molecular formula is C19H15NO4. The van der Waals surface area contributed by atoms with Gasteiger partial charge in [-0.1, -0.05) is 24.3 Å². The SMILES string of the molecule is O=C1/C(=C\c2ccc(O)cc2)CC/C1=C\c1cccc([N+](=O)[O-])c1. The number of phenols is 1. The summed E-state index contributed by atoms with van der Waals surface area (Å²) in [6, 6.07) is 12.9. The normalized spacial score (nSPS) is 17.6. The zero-order valence-corrected chi connectivity index (χ0v) is 12.8. The number of carbonyl (C=O) groups is 1. The monoisotopic (exact) mass is 321 g/mol. The van der Waals surface area contributed by atoms with Gasteiger partial charge in [-0.05, 0) is 48.3 Å². The van der Waals surface area contributed by atoms with Crippen molar-refractivity contribution in [2.45, 2.75) is 12.8 Å². The van der Waals surface area contributed by atoms with E-state index in [1.165, 1.54) is 12.1 Å². The van der Waals surface area contributed by atoms with Gasteiger partial charge in [-0.25, -0.2) is 0 Å². The standard InChI is InChI=1S/C19H15NO4/c21-18-8-4-13(5-9-18)10-15-6-7-16(19(15)22)11-14-2-1-3-17(12-14)20(23)24/h1-5,8-12,21H,6-7H2/b15-10-,16-11+. The zero-order valence-electron chi connectivity index (χ0n) is 12.8. The van der Waals surface area contributed by atoms with Gasteiger partial charge < -0.3 is 5.11 Å². The van der Waals surface area contributed by atoms with Crippen molar-refractivity contribution in [1.29, 1.82) is 0 Å². The minimum atomic E-state index is -0.450. The number of hydrogen-bond donors (Lipinski definition) is 1. The predicted molar refractivity (Wildman–Crippen MR) is 91.4 cm³/mol. The van der Waals surface area contributed by atoms with Gasteiger partial charge in [0.05, 0.1) is 4.92 Å². The molecule has 3 rings (SSSR count). The summed E-state index contributed by atoms with van der Waals surface area (Å²) in [7, 11) is 0. The number of nitro benzene ring substituents is 1. The van der Waals surface area contributed by atoms with Crippen LogP contribution in [-0.4, -0.2) is 15.8 Å². The number of nitrogens with zero attached hydrogens (tertiary/aromatic N) is 1. The molecule has 1 N–H and O–H groups in total. The van der Waals surface area contributed by atoms with E-state index in [2.05, 4.69) is 0 Å². The lowest BCUT2D eigenvalue weighted by atomic mass is 10.1. The Bertz CT molecular complexity index is 863. The van der Waals surface area contributed by atoms with Crippen LogP contribution >= 0.6 is 0 Å². The molecule has 1 aliphatic carbocycles. The summed E-state index contributed by atoms with van der Waals surface area (Å²) in [5, 5.41) is 20.1. The van der Waals surface area contributed by atoms with Crippen molar-refractivity contribution in [3.8, 4) is 5.75 Å². The fourth-order valence-electron chi connectivity index (χ4n) is 2.68. The number of allylic oxidation sites excluding steroid dienone is 2. The van der Waals surface area contributed by atoms with Gasteiger partial charge in [0.2, 0.25) is 0 Å². The Labute approximate surface area is 138 Å². The highest BCUT2D eigenvalue weighted by molar-refractivity contribution is 6.15. The molecule has 0 radical (unpaired) electrons. The third-order valence-electron chi connectivity index (χ3n) is 3.90. The van der Waals surface area contributed by atoms with Gasteiger partial charge in [0.15, 0.2) is 5.78 Å². The average molecular weight is 321 g/mol. The first kappa shape index (κ1) is 15.7. The van der Waals surface area contributed by atoms with Crippen LogP contribution in [-0.2, 0) is 4.79 Å². The molecule has 1 saturated carbocycles. The van der Waals surface area contributed by atoms with E-state index in [0.717, 1.165) is 5.56 Å². The van der Waals surface area contributed by atoms with E-state index in [0.29, 0.717) is 29.6 Å². The van der Waals surface area contributed by atoms with Crippen LogP contribution in [0.1, 0.15) is 24.0 Å². The van der Waals surface area contributed by atoms with Crippen LogP contribution in [0.25, 0.3) is 12.2 Å². The number of carbonyl (C=O) groups excluding carboxylic acids is 1. The quantitative estimate of drug-likeness (QED) is 0.523. The number of aromatic hydroxyl groups is 1. The molecule has 5 heteroatoms. The molecule has 1 aliphatic rings. The van der Waals surface area contributed by atoms with Crippen molar-refractivity contribution >= 4 is 23.6 Å². The number of benzene rings is 2. The second-order valence-electron chi connectivity index (χ2n) is 5.61. The first-order valence-electron chi connectivity index (χ1n) is 7.52. The molecule has 0 amide bonds. The third kappa shape index (κ3) is 3.41. The molecule has 0 spiro atoms. The van der Waals surface area contributed by atoms with Crippen LogP contribution in [0.4, 0.5) is 5.69 Å². The van der Waals surface area contributed by atoms with Crippen LogP contribution < -0.4 is 0 Å². The van der Waals surface area contributed by atoms with Crippen molar-refractivity contribution in [2.75, 3.05) is 0 Å². The van der Waals surface area contributed by atoms with Crippen LogP contribution in [0.15, 0.2) is 59.7 Å². The summed E-state index contributed by atoms with van der Waals surface area (Å²) in [6.07, 6.45) is 4.79. The lowest BCUT2D eigenvalue weighted by molar-refractivity contribution is -0.384. The van der Waals surface area contributed by atoms with E-state index in [4.69, 9.17) is 0 Å². The van der Waals surface area contributed by atoms with E-state index in [1.54, 1.807) is 42.5 Å². The van der Waals surface area contributed by atoms with Crippen molar-refractivity contribution < 1.29 is 14.8 Å². The van der Waals surface area contributed by atoms with Crippen molar-refractivity contribution in [1.82, 2.24) is 0 Å². The number of hydrogen-bond acceptors (Lipinski definition) is 4. The molecule has 24 heavy (non-hydrogen) atoms. The number of ketones is 1. The summed E-state index contributed by atoms with van der Waals surface area (Å²) in [5.41, 5.74) is 2.87. The Kier molecular flexibility index (Phi) is 4.24. The number of non-ortho nitro benzene ring substituents is 1. The third-order valence-corrected chi connectivity index (χ3v) is 3.90. The number of phenolic OH excluding ortho intramolecular Hbond substituents is 1. The molecule has 120 valence electrons. The number of nitro groups is 1. The zero-order chi connectivity index (χ0) is 17.1. The summed E-state index contributed by atoms with van der Waals surface area (Å²) in [4.78, 5) is 22.9. The molecule has 0 atom stereocenters. The Morgan fingerprint density at radius 3 is 2.21 bits per heavy atom. The Morgan fingerprint density at radius 1 is 0.958 bits per heavy atom. The van der Waals surface area contributed by atoms with Gasteiger partial charge in [-0.3, -0.25) is 14.9 Å². The van der Waals surface area contributed by atoms with E-state index in [1.807, 2.05) is 6.08 Å². The molecule has 2 aromatic rings. The smallest absolute Gasteiger partial charge is 0.270 e. The molecule has 2 aromatic carbocycles. The van der Waals surface area contributed by atoms with Crippen LogP contribution in [0.3, 0.4) is 0 Å². The number of Topliss-reactive ketones (excluding diaryl/α,β-unsaturated/α-hetero) is 1. The van der Waals surface area contributed by atoms with Crippen LogP contribution in [0.2, 0.25) is 0 Å². The fraction of sp³-hybridized carbons (Fsp3) is 0.105. The Hall–Kier alpha value is -3.21. The molecule has 0 aliphatic heterocycles. The minimum Gasteiger partial charge on any atom is -0.508 e. The van der Waals surface area contributed by atoms with Gasteiger partial charge in [0.1, 0.15) is 5.75 Å². The van der Waals surface area contributed by atoms with Crippen molar-refractivity contribution in [3.63, 3.8) is 0 Å². The average Bonchev–Trinajstić information content (AvgIpc) is 2.90. The fourth-order valence-corrected chi connectivity index (χ4v) is 2.68. The topological polar surface area (TPSA) is 80.4 Å². The maximum Gasteiger partial charge on any atom is 0.270 e. The van der Waals surface area contributed by atoms with Crippen molar-refractivity contribution in [2.24, 2.45) is 0 Å². The van der Waals surface area contributed by atoms with Gasteiger partial charge in [0.25, 0.3) is 5.69 Å². The largest absolute Gasteiger partial charge is 0.508 e. The molecule has 0 aromatic heterocycles. The molecular weight excluding hydrogens is 306 g/mol. The van der Waals surface area contributed by atoms with Crippen LogP contribution in [0.5, 0.6) is 5.75 Å². The molecule has 0 bridgehead atoms. The molecule has 0 unspecified atom stereocenters. The maximum absolute atomic E-state index is 12.5. The first-order valence-corrected chi connectivity index (χ1v) is 7.52. The van der Waals surface area contributed by atoms with Gasteiger partial charge in [-0.2, -0.15) is 0 Å². The lowest BCUT2D eigenvalue weighted by Gasteiger charge is -1.98. The highest BCUT2D eigenvalue weighted by atomic mass is 16.6. The van der Waals surface area contributed by atoms with Gasteiger partial charge in [-0.15, -0.1) is 0 Å². The van der Waals surface area contributed by atoms with Gasteiger partial charge in [0, 0.05) is 23.3 Å². The lowest BCUT2D eigenvalue weighted by Crippen LogP contribution is -1.95. The van der Waals surface area contributed by atoms with E-state index >= 15 is 0 Å². The minimum absolute atomic E-state index is 0.00894. The molecule has 0 saturated heterocycles. The highest BCUT2D eigenvalue weighted by Gasteiger charge is 2.23. The Balaban J connectivity index is 1.84. The van der Waals surface area contributed by atoms with Crippen molar-refractivity contribution in [3.05, 3.63) is 80.9 Å². The second-order valence-corrected chi connectivity index (χ2v) is 5.61. The Morgan fingerprint density at radius 2 is 1.58 bits per heavy atom. The van der Waals surface area contributed by atoms with E-state index in [9.17, 15) is 20.0 Å². The highest BCUT2D eigenvalue weighted by Crippen LogP contribution is 2.30. The second kappa shape index (κ2) is 6.50. The van der Waals surface area contributed by atoms with E-state index < -0.39 is 4.92 Å². The molecule has 0 heterocycles. The van der Waals surface area contributed by atoms with Crippen LogP contribution in [0, 0.1) is 10.1 Å². The molecule has 1 fully saturated rings. The molecule has 5 nitrogen and oxygen atoms in total. The summed E-state index contributed by atoms with van der Waals surface area (Å²) >= 11 is 0.